The molecule has 0 bridgehead atoms. The number of allylic oxidation sites excluding steroid dienone is 14. The molecule has 60 heavy (non-hydrogen) atoms. The summed E-state index contributed by atoms with van der Waals surface area (Å²) < 4.78 is 17.3. The lowest BCUT2D eigenvalue weighted by molar-refractivity contribution is -0.887. The standard InChI is InChI=1S/C52H87NO7/c1-6-8-10-12-14-16-18-20-22-23-24-25-26-27-29-30-32-34-36-38-40-42-50(54)59-47-48(46-58-45-44-49(52(56)57)53(3,4)5)60-51(55)43-41-39-37-35-33-31-28-21-19-17-15-13-11-9-7-2/h8-11,13-17,19-22,28,48-49H,6-7,12,18,23-27,29-47H2,1-5H3/p+1/b10-8+,11-9+,15-13+,16-14+,19-17+,22-20+,28-21+. The van der Waals surface area contributed by atoms with Gasteiger partial charge in [0.25, 0.3) is 0 Å². The first-order valence-corrected chi connectivity index (χ1v) is 23.7. The van der Waals surface area contributed by atoms with E-state index in [0.29, 0.717) is 19.3 Å². The van der Waals surface area contributed by atoms with Crippen LogP contribution in [0.2, 0.25) is 0 Å². The van der Waals surface area contributed by atoms with Crippen LogP contribution in [-0.4, -0.2) is 80.6 Å². The number of likely N-dealkylation sites (N-methyl/N-ethyl adjacent to an activating group) is 1. The zero-order valence-corrected chi connectivity index (χ0v) is 38.9. The molecule has 0 aromatic heterocycles. The van der Waals surface area contributed by atoms with Crippen molar-refractivity contribution in [3.05, 3.63) is 85.1 Å². The molecular formula is C52H88NO7+. The minimum atomic E-state index is -0.883. The molecule has 342 valence electrons. The van der Waals surface area contributed by atoms with Gasteiger partial charge in [-0.05, 0) is 64.2 Å². The van der Waals surface area contributed by atoms with Gasteiger partial charge in [-0.3, -0.25) is 9.59 Å². The second-order valence-corrected chi connectivity index (χ2v) is 16.7. The number of aliphatic carboxylic acids is 1. The van der Waals surface area contributed by atoms with E-state index in [1.807, 2.05) is 45.4 Å². The summed E-state index contributed by atoms with van der Waals surface area (Å²) in [4.78, 5) is 37.1. The van der Waals surface area contributed by atoms with Crippen molar-refractivity contribution >= 4 is 17.9 Å². The van der Waals surface area contributed by atoms with Crippen LogP contribution >= 0.6 is 0 Å². The van der Waals surface area contributed by atoms with E-state index >= 15 is 0 Å². The lowest BCUT2D eigenvalue weighted by Gasteiger charge is -2.31. The van der Waals surface area contributed by atoms with Crippen LogP contribution in [0.25, 0.3) is 0 Å². The van der Waals surface area contributed by atoms with Crippen LogP contribution in [0.5, 0.6) is 0 Å². The first-order chi connectivity index (χ1) is 29.1. The lowest BCUT2D eigenvalue weighted by atomic mass is 10.0. The highest BCUT2D eigenvalue weighted by atomic mass is 16.6. The molecule has 0 saturated carbocycles. The fourth-order valence-electron chi connectivity index (χ4n) is 6.53. The van der Waals surface area contributed by atoms with E-state index in [0.717, 1.165) is 83.5 Å². The topological polar surface area (TPSA) is 99.1 Å². The first-order valence-electron chi connectivity index (χ1n) is 23.7. The summed E-state index contributed by atoms with van der Waals surface area (Å²) in [6.07, 6.45) is 54.8. The average Bonchev–Trinajstić information content (AvgIpc) is 3.21. The number of nitrogens with zero attached hydrogens (tertiary/aromatic N) is 1. The number of carbonyl (C=O) groups excluding carboxylic acids is 2. The third-order valence-corrected chi connectivity index (χ3v) is 10.1. The van der Waals surface area contributed by atoms with Crippen molar-refractivity contribution < 1.29 is 38.2 Å². The van der Waals surface area contributed by atoms with Gasteiger partial charge >= 0.3 is 17.9 Å². The number of carboxylic acid groups (broad SMARTS) is 1. The van der Waals surface area contributed by atoms with Gasteiger partial charge in [0.2, 0.25) is 0 Å². The van der Waals surface area contributed by atoms with Crippen molar-refractivity contribution in [2.75, 3.05) is 41.0 Å². The van der Waals surface area contributed by atoms with Crippen LogP contribution in [0.1, 0.15) is 174 Å². The van der Waals surface area contributed by atoms with Crippen molar-refractivity contribution in [1.29, 1.82) is 0 Å². The molecule has 0 aliphatic carbocycles. The summed E-state index contributed by atoms with van der Waals surface area (Å²) in [7, 11) is 5.51. The van der Waals surface area contributed by atoms with E-state index in [4.69, 9.17) is 14.2 Å². The Morgan fingerprint density at radius 3 is 1.50 bits per heavy atom. The maximum atomic E-state index is 12.7. The summed E-state index contributed by atoms with van der Waals surface area (Å²) in [5, 5.41) is 9.63. The minimum Gasteiger partial charge on any atom is -0.477 e. The predicted molar refractivity (Wildman–Crippen MR) is 252 cm³/mol. The normalized spacial score (nSPS) is 13.7. The van der Waals surface area contributed by atoms with Gasteiger partial charge in [-0.2, -0.15) is 0 Å². The van der Waals surface area contributed by atoms with Gasteiger partial charge in [-0.25, -0.2) is 4.79 Å². The number of quaternary nitrogens is 1. The molecular weight excluding hydrogens is 751 g/mol. The molecule has 0 aliphatic heterocycles. The van der Waals surface area contributed by atoms with Crippen LogP contribution in [-0.2, 0) is 28.6 Å². The summed E-state index contributed by atoms with van der Waals surface area (Å²) in [5.74, 6) is -1.51. The van der Waals surface area contributed by atoms with Gasteiger partial charge in [-0.15, -0.1) is 0 Å². The highest BCUT2D eigenvalue weighted by molar-refractivity contribution is 5.72. The molecule has 0 amide bonds. The van der Waals surface area contributed by atoms with E-state index in [2.05, 4.69) is 74.6 Å². The smallest absolute Gasteiger partial charge is 0.362 e. The third-order valence-electron chi connectivity index (χ3n) is 10.1. The zero-order valence-electron chi connectivity index (χ0n) is 38.9. The average molecular weight is 839 g/mol. The van der Waals surface area contributed by atoms with Crippen molar-refractivity contribution in [3.8, 4) is 0 Å². The molecule has 8 heteroatoms. The van der Waals surface area contributed by atoms with Gasteiger partial charge in [0, 0.05) is 19.3 Å². The van der Waals surface area contributed by atoms with Gasteiger partial charge in [-0.1, -0.05) is 176 Å². The Bertz CT molecular complexity index is 1250. The number of rotatable bonds is 41. The molecule has 0 aromatic rings. The lowest BCUT2D eigenvalue weighted by Crippen LogP contribution is -2.50. The largest absolute Gasteiger partial charge is 0.477 e. The molecule has 0 radical (unpaired) electrons. The highest BCUT2D eigenvalue weighted by Gasteiger charge is 2.31. The van der Waals surface area contributed by atoms with E-state index in [1.165, 1.54) is 57.8 Å². The Balaban J connectivity index is 4.30. The number of ether oxygens (including phenoxy) is 3. The fraction of sp³-hybridized carbons (Fsp3) is 0.673. The molecule has 0 rings (SSSR count). The number of hydrogen-bond acceptors (Lipinski definition) is 6. The van der Waals surface area contributed by atoms with Gasteiger partial charge in [0.15, 0.2) is 12.1 Å². The van der Waals surface area contributed by atoms with Crippen LogP contribution in [0.4, 0.5) is 0 Å². The summed E-state index contributed by atoms with van der Waals surface area (Å²) in [6, 6.07) is -0.624. The van der Waals surface area contributed by atoms with Crippen molar-refractivity contribution in [1.82, 2.24) is 0 Å². The van der Waals surface area contributed by atoms with Crippen LogP contribution in [0.15, 0.2) is 85.1 Å². The Morgan fingerprint density at radius 1 is 0.517 bits per heavy atom. The fourth-order valence-corrected chi connectivity index (χ4v) is 6.53. The summed E-state index contributed by atoms with van der Waals surface area (Å²) in [5.41, 5.74) is 0. The molecule has 2 unspecified atom stereocenters. The molecule has 0 spiro atoms. The van der Waals surface area contributed by atoms with Gasteiger partial charge < -0.3 is 23.8 Å². The Hall–Kier alpha value is -3.49. The second-order valence-electron chi connectivity index (χ2n) is 16.7. The Labute approximate surface area is 367 Å². The highest BCUT2D eigenvalue weighted by Crippen LogP contribution is 2.14. The number of carbonyl (C=O) groups is 3. The van der Waals surface area contributed by atoms with Crippen LogP contribution < -0.4 is 0 Å². The summed E-state index contributed by atoms with van der Waals surface area (Å²) >= 11 is 0. The van der Waals surface area contributed by atoms with Gasteiger partial charge in [0.05, 0.1) is 34.4 Å². The Kier molecular flexibility index (Phi) is 39.8. The quantitative estimate of drug-likeness (QED) is 0.0215. The molecule has 0 saturated heterocycles. The Morgan fingerprint density at radius 2 is 0.967 bits per heavy atom. The van der Waals surface area contributed by atoms with Crippen molar-refractivity contribution in [3.63, 3.8) is 0 Å². The molecule has 0 aliphatic rings. The third kappa shape index (κ3) is 39.9. The van der Waals surface area contributed by atoms with Crippen molar-refractivity contribution in [2.24, 2.45) is 0 Å². The zero-order chi connectivity index (χ0) is 44.2. The SMILES string of the molecule is CC/C=C/C=C/C=C/C=C/CCCCCCCC(=O)OC(COCCC(C(=O)O)[N+](C)(C)C)COC(=O)CCCCCCCCCCCCC/C=C/C/C=C/C/C=C/CC. The molecule has 0 heterocycles. The predicted octanol–water partition coefficient (Wildman–Crippen LogP) is 13.3. The van der Waals surface area contributed by atoms with Crippen LogP contribution in [0, 0.1) is 0 Å². The number of esters is 2. The number of unbranched alkanes of at least 4 members (excludes halogenated alkanes) is 16. The minimum absolute atomic E-state index is 0.0462. The maximum Gasteiger partial charge on any atom is 0.362 e. The number of carboxylic acids is 1. The van der Waals surface area contributed by atoms with Crippen LogP contribution in [0.3, 0.4) is 0 Å². The maximum absolute atomic E-state index is 12.7. The van der Waals surface area contributed by atoms with Crippen molar-refractivity contribution in [2.45, 2.75) is 187 Å². The summed E-state index contributed by atoms with van der Waals surface area (Å²) in [6.45, 7) is 4.45. The monoisotopic (exact) mass is 839 g/mol. The van der Waals surface area contributed by atoms with E-state index in [-0.39, 0.29) is 36.2 Å². The first kappa shape index (κ1) is 56.5. The molecule has 1 N–H and O–H groups in total. The molecule has 8 nitrogen and oxygen atoms in total. The van der Waals surface area contributed by atoms with E-state index < -0.39 is 18.1 Å². The van der Waals surface area contributed by atoms with Gasteiger partial charge in [0.1, 0.15) is 6.61 Å². The number of hydrogen-bond donors (Lipinski definition) is 1. The molecule has 2 atom stereocenters. The van der Waals surface area contributed by atoms with E-state index in [1.54, 1.807) is 0 Å². The molecule has 0 aromatic carbocycles. The van der Waals surface area contributed by atoms with E-state index in [9.17, 15) is 19.5 Å². The molecule has 0 fully saturated rings. The second kappa shape index (κ2) is 42.2.